The van der Waals surface area contributed by atoms with Crippen molar-refractivity contribution in [2.45, 2.75) is 57.2 Å². The van der Waals surface area contributed by atoms with Crippen LogP contribution in [0.15, 0.2) is 18.2 Å². The number of methoxy groups -OCH3 is 1. The van der Waals surface area contributed by atoms with Crippen molar-refractivity contribution in [2.75, 3.05) is 12.4 Å². The van der Waals surface area contributed by atoms with Gasteiger partial charge in [-0.25, -0.2) is 17.5 Å². The molecule has 1 saturated carbocycles. The van der Waals surface area contributed by atoms with E-state index in [1.807, 2.05) is 0 Å². The molecule has 1 aliphatic carbocycles. The molecule has 1 aliphatic rings. The van der Waals surface area contributed by atoms with Gasteiger partial charge in [0.2, 0.25) is 15.9 Å². The van der Waals surface area contributed by atoms with Gasteiger partial charge in [-0.05, 0) is 58.6 Å². The topological polar surface area (TPSA) is 84.5 Å². The number of benzene rings is 1. The maximum Gasteiger partial charge on any atom is 0.227 e. The van der Waals surface area contributed by atoms with Crippen LogP contribution < -0.4 is 14.8 Å². The summed E-state index contributed by atoms with van der Waals surface area (Å²) >= 11 is 0. The van der Waals surface area contributed by atoms with Crippen molar-refractivity contribution in [1.29, 1.82) is 0 Å². The van der Waals surface area contributed by atoms with Crippen LogP contribution in [0, 0.1) is 11.7 Å². The van der Waals surface area contributed by atoms with Gasteiger partial charge in [-0.15, -0.1) is 0 Å². The third kappa shape index (κ3) is 4.94. The van der Waals surface area contributed by atoms with Crippen LogP contribution in [0.5, 0.6) is 5.75 Å². The second-order valence-corrected chi connectivity index (χ2v) is 10.1. The fourth-order valence-corrected chi connectivity index (χ4v) is 3.89. The van der Waals surface area contributed by atoms with E-state index in [1.165, 1.54) is 19.2 Å². The lowest BCUT2D eigenvalue weighted by Crippen LogP contribution is -2.46. The number of hydrogen-bond donors (Lipinski definition) is 2. The Bertz CT molecular complexity index is 751. The standard InChI is InChI=1S/C18H27FN2O4S/c1-18(2,3)26(23,24)21-13-7-5-12(6-8-13)17(22)20-14-9-10-16(25-4)15(19)11-14/h9-13,21H,5-8H2,1-4H3,(H,20,22). The number of rotatable bonds is 5. The predicted molar refractivity (Wildman–Crippen MR) is 99.1 cm³/mol. The van der Waals surface area contributed by atoms with Gasteiger partial charge in [-0.2, -0.15) is 0 Å². The number of hydrogen-bond acceptors (Lipinski definition) is 4. The van der Waals surface area contributed by atoms with Gasteiger partial charge in [0.1, 0.15) is 0 Å². The highest BCUT2D eigenvalue weighted by atomic mass is 32.2. The Kier molecular flexibility index (Phi) is 6.29. The summed E-state index contributed by atoms with van der Waals surface area (Å²) in [6, 6.07) is 4.12. The molecule has 146 valence electrons. The molecule has 8 heteroatoms. The quantitative estimate of drug-likeness (QED) is 0.815. The highest BCUT2D eigenvalue weighted by Crippen LogP contribution is 2.28. The highest BCUT2D eigenvalue weighted by Gasteiger charge is 2.34. The predicted octanol–water partition coefficient (Wildman–Crippen LogP) is 3.05. The second kappa shape index (κ2) is 7.92. The van der Waals surface area contributed by atoms with Crippen molar-refractivity contribution in [3.63, 3.8) is 0 Å². The van der Waals surface area contributed by atoms with E-state index < -0.39 is 20.6 Å². The molecule has 2 N–H and O–H groups in total. The number of ether oxygens (including phenoxy) is 1. The van der Waals surface area contributed by atoms with E-state index in [9.17, 15) is 17.6 Å². The van der Waals surface area contributed by atoms with Gasteiger partial charge in [0.15, 0.2) is 11.6 Å². The van der Waals surface area contributed by atoms with Crippen LogP contribution in [0.2, 0.25) is 0 Å². The maximum atomic E-state index is 13.7. The summed E-state index contributed by atoms with van der Waals surface area (Å²) in [5, 5.41) is 2.72. The molecule has 0 radical (unpaired) electrons. The van der Waals surface area contributed by atoms with Gasteiger partial charge in [0.25, 0.3) is 0 Å². The minimum absolute atomic E-state index is 0.120. The van der Waals surface area contributed by atoms with Crippen molar-refractivity contribution in [3.05, 3.63) is 24.0 Å². The first-order chi connectivity index (χ1) is 12.0. The number of amides is 1. The van der Waals surface area contributed by atoms with Gasteiger partial charge in [-0.1, -0.05) is 0 Å². The Morgan fingerprint density at radius 3 is 2.31 bits per heavy atom. The zero-order chi connectivity index (χ0) is 19.5. The minimum Gasteiger partial charge on any atom is -0.494 e. The Labute approximate surface area is 154 Å². The molecule has 0 bridgehead atoms. The summed E-state index contributed by atoms with van der Waals surface area (Å²) in [6.45, 7) is 4.97. The number of carbonyl (C=O) groups is 1. The van der Waals surface area contributed by atoms with Crippen LogP contribution >= 0.6 is 0 Å². The van der Waals surface area contributed by atoms with Crippen molar-refractivity contribution in [3.8, 4) is 5.75 Å². The van der Waals surface area contributed by atoms with E-state index in [-0.39, 0.29) is 23.6 Å². The van der Waals surface area contributed by atoms with E-state index in [0.717, 1.165) is 0 Å². The third-order valence-electron chi connectivity index (χ3n) is 4.65. The van der Waals surface area contributed by atoms with Crippen molar-refractivity contribution < 1.29 is 22.3 Å². The molecule has 6 nitrogen and oxygen atoms in total. The molecule has 0 spiro atoms. The monoisotopic (exact) mass is 386 g/mol. The zero-order valence-electron chi connectivity index (χ0n) is 15.6. The van der Waals surface area contributed by atoms with Gasteiger partial charge < -0.3 is 10.1 Å². The van der Waals surface area contributed by atoms with E-state index in [0.29, 0.717) is 31.4 Å². The number of halogens is 1. The Hall–Kier alpha value is -1.67. The van der Waals surface area contributed by atoms with Crippen LogP contribution in [0.1, 0.15) is 46.5 Å². The normalized spacial score (nSPS) is 21.3. The van der Waals surface area contributed by atoms with Gasteiger partial charge in [0, 0.05) is 23.7 Å². The van der Waals surface area contributed by atoms with E-state index >= 15 is 0 Å². The number of nitrogens with one attached hydrogen (secondary N) is 2. The largest absolute Gasteiger partial charge is 0.494 e. The van der Waals surface area contributed by atoms with Crippen molar-refractivity contribution in [1.82, 2.24) is 4.72 Å². The molecule has 1 fully saturated rings. The SMILES string of the molecule is COc1ccc(NC(=O)C2CCC(NS(=O)(=O)C(C)(C)C)CC2)cc1F. The molecule has 0 aromatic heterocycles. The van der Waals surface area contributed by atoms with Gasteiger partial charge >= 0.3 is 0 Å². The summed E-state index contributed by atoms with van der Waals surface area (Å²) in [5.41, 5.74) is 0.379. The van der Waals surface area contributed by atoms with Crippen molar-refractivity contribution in [2.24, 2.45) is 5.92 Å². The van der Waals surface area contributed by atoms with Gasteiger partial charge in [-0.3, -0.25) is 4.79 Å². The fraction of sp³-hybridized carbons (Fsp3) is 0.611. The Morgan fingerprint density at radius 2 is 1.81 bits per heavy atom. The average Bonchev–Trinajstić information content (AvgIpc) is 2.54. The zero-order valence-corrected chi connectivity index (χ0v) is 16.5. The summed E-state index contributed by atoms with van der Waals surface area (Å²) < 4.78 is 44.9. The third-order valence-corrected chi connectivity index (χ3v) is 6.90. The van der Waals surface area contributed by atoms with Gasteiger partial charge in [0.05, 0.1) is 11.9 Å². The Balaban J connectivity index is 1.89. The fourth-order valence-electron chi connectivity index (χ4n) is 2.86. The molecule has 26 heavy (non-hydrogen) atoms. The first-order valence-electron chi connectivity index (χ1n) is 8.70. The van der Waals surface area contributed by atoms with E-state index in [2.05, 4.69) is 10.0 Å². The molecular formula is C18H27FN2O4S. The molecule has 0 saturated heterocycles. The molecule has 0 heterocycles. The molecule has 1 aromatic carbocycles. The summed E-state index contributed by atoms with van der Waals surface area (Å²) in [4.78, 5) is 12.4. The smallest absolute Gasteiger partial charge is 0.227 e. The first-order valence-corrected chi connectivity index (χ1v) is 10.2. The molecule has 0 unspecified atom stereocenters. The van der Waals surface area contributed by atoms with Crippen LogP contribution in [0.3, 0.4) is 0 Å². The Morgan fingerprint density at radius 1 is 1.19 bits per heavy atom. The number of anilines is 1. The van der Waals surface area contributed by atoms with Crippen LogP contribution in [-0.4, -0.2) is 32.2 Å². The summed E-state index contributed by atoms with van der Waals surface area (Å²) in [5.74, 6) is -0.803. The first kappa shape index (κ1) is 20.6. The number of sulfonamides is 1. The van der Waals surface area contributed by atoms with E-state index in [4.69, 9.17) is 4.74 Å². The molecule has 0 atom stereocenters. The lowest BCUT2D eigenvalue weighted by molar-refractivity contribution is -0.120. The second-order valence-electron chi connectivity index (χ2n) is 7.62. The summed E-state index contributed by atoms with van der Waals surface area (Å²) in [7, 11) is -2.02. The molecule has 0 aliphatic heterocycles. The lowest BCUT2D eigenvalue weighted by Gasteiger charge is -2.30. The minimum atomic E-state index is -3.40. The average molecular weight is 386 g/mol. The van der Waals surface area contributed by atoms with Crippen LogP contribution in [0.25, 0.3) is 0 Å². The number of carbonyl (C=O) groups excluding carboxylic acids is 1. The lowest BCUT2D eigenvalue weighted by atomic mass is 9.86. The van der Waals surface area contributed by atoms with E-state index in [1.54, 1.807) is 26.8 Å². The molecular weight excluding hydrogens is 359 g/mol. The molecule has 2 rings (SSSR count). The molecule has 1 amide bonds. The maximum absolute atomic E-state index is 13.7. The summed E-state index contributed by atoms with van der Waals surface area (Å²) in [6.07, 6.45) is 2.37. The van der Waals surface area contributed by atoms with Crippen LogP contribution in [0.4, 0.5) is 10.1 Å². The highest BCUT2D eigenvalue weighted by molar-refractivity contribution is 7.90. The van der Waals surface area contributed by atoms with Crippen LogP contribution in [-0.2, 0) is 14.8 Å². The molecule has 1 aromatic rings. The van der Waals surface area contributed by atoms with Crippen molar-refractivity contribution >= 4 is 21.6 Å².